The van der Waals surface area contributed by atoms with Gasteiger partial charge in [0.05, 0.1) is 0 Å². The number of ether oxygens (including phenoxy) is 2. The van der Waals surface area contributed by atoms with Gasteiger partial charge >= 0.3 is 0 Å². The van der Waals surface area contributed by atoms with Gasteiger partial charge in [0, 0.05) is 24.5 Å². The van der Waals surface area contributed by atoms with Crippen molar-refractivity contribution in [3.8, 4) is 17.0 Å². The number of aromatic nitrogens is 3. The maximum Gasteiger partial charge on any atom is 0.293 e. The molecule has 0 radical (unpaired) electrons. The molecule has 166 valence electrons. The van der Waals surface area contributed by atoms with Crippen molar-refractivity contribution in [2.75, 3.05) is 18.8 Å². The number of hydrogen-bond acceptors (Lipinski definition) is 7. The van der Waals surface area contributed by atoms with E-state index in [0.717, 1.165) is 53.8 Å². The minimum atomic E-state index is -0.318. The Hall–Kier alpha value is -3.13. The molecule has 3 heterocycles. The van der Waals surface area contributed by atoms with Gasteiger partial charge in [-0.15, -0.1) is 0 Å². The number of carbonyl (C=O) groups excluding carboxylic acids is 1. The summed E-state index contributed by atoms with van der Waals surface area (Å²) in [4.78, 5) is 18.5. The molecule has 1 fully saturated rings. The van der Waals surface area contributed by atoms with Gasteiger partial charge in [0.25, 0.3) is 6.47 Å². The van der Waals surface area contributed by atoms with Crippen LogP contribution in [0.5, 0.6) is 5.88 Å². The number of aryl methyl sites for hydroxylation is 1. The number of nitrogen functional groups attached to an aromatic ring is 1. The first kappa shape index (κ1) is 22.6. The molecule has 0 amide bonds. The average Bonchev–Trinajstić information content (AvgIpc) is 3.07. The second kappa shape index (κ2) is 9.78. The smallest absolute Gasteiger partial charge is 0.293 e. The van der Waals surface area contributed by atoms with Crippen molar-refractivity contribution in [1.82, 2.24) is 19.9 Å². The molecule has 3 N–H and O–H groups in total. The molecule has 2 aromatic heterocycles. The predicted molar refractivity (Wildman–Crippen MR) is 122 cm³/mol. The minimum absolute atomic E-state index is 0.208. The van der Waals surface area contributed by atoms with E-state index in [2.05, 4.69) is 26.2 Å². The summed E-state index contributed by atoms with van der Waals surface area (Å²) in [5.41, 5.74) is 10.2. The van der Waals surface area contributed by atoms with E-state index in [4.69, 9.17) is 10.5 Å². The molecule has 3 aromatic rings. The first-order valence-corrected chi connectivity index (χ1v) is 10.4. The van der Waals surface area contributed by atoms with Crippen LogP contribution in [0, 0.1) is 0 Å². The summed E-state index contributed by atoms with van der Waals surface area (Å²) < 4.78 is 12.8. The third-order valence-corrected chi connectivity index (χ3v) is 4.91. The molecule has 1 aliphatic rings. The molecular weight excluding hydrogens is 394 g/mol. The number of benzene rings is 1. The maximum atomic E-state index is 9.60. The fourth-order valence-electron chi connectivity index (χ4n) is 3.37. The zero-order chi connectivity index (χ0) is 22.4. The third kappa shape index (κ3) is 5.95. The molecule has 0 bridgehead atoms. The Kier molecular flexibility index (Phi) is 7.12. The van der Waals surface area contributed by atoms with E-state index >= 15 is 0 Å². The molecule has 0 spiro atoms. The molecule has 0 unspecified atom stereocenters. The van der Waals surface area contributed by atoms with Crippen LogP contribution in [-0.4, -0.2) is 45.8 Å². The number of nitrogens with one attached hydrogen (secondary N) is 1. The molecule has 8 heteroatoms. The van der Waals surface area contributed by atoms with E-state index in [-0.39, 0.29) is 11.7 Å². The van der Waals surface area contributed by atoms with Gasteiger partial charge in [-0.05, 0) is 64.4 Å². The SMILES string of the molecule is CC(C)(C)OC=O.Cn1cc(-c2ccc(N)cc2)c2ncnc(OC3CCNCC3)c21. The fraction of sp³-hybridized carbons (Fsp3) is 0.435. The van der Waals surface area contributed by atoms with E-state index in [1.807, 2.05) is 56.7 Å². The Labute approximate surface area is 182 Å². The Balaban J connectivity index is 0.000000339. The highest BCUT2D eigenvalue weighted by atomic mass is 16.5. The van der Waals surface area contributed by atoms with Gasteiger partial charge in [-0.3, -0.25) is 4.79 Å². The molecule has 0 aliphatic carbocycles. The molecule has 1 saturated heterocycles. The van der Waals surface area contributed by atoms with Crippen LogP contribution in [0.1, 0.15) is 33.6 Å². The molecule has 0 atom stereocenters. The summed E-state index contributed by atoms with van der Waals surface area (Å²) in [5, 5.41) is 3.35. The average molecular weight is 426 g/mol. The summed E-state index contributed by atoms with van der Waals surface area (Å²) in [5.74, 6) is 0.663. The number of carbonyl (C=O) groups is 1. The molecule has 31 heavy (non-hydrogen) atoms. The van der Waals surface area contributed by atoms with E-state index in [1.165, 1.54) is 0 Å². The van der Waals surface area contributed by atoms with Crippen LogP contribution in [0.3, 0.4) is 0 Å². The van der Waals surface area contributed by atoms with Gasteiger partial charge in [-0.1, -0.05) is 12.1 Å². The number of nitrogens with two attached hydrogens (primary N) is 1. The molecule has 1 aliphatic heterocycles. The highest BCUT2D eigenvalue weighted by Crippen LogP contribution is 2.33. The molecule has 4 rings (SSSR count). The van der Waals surface area contributed by atoms with E-state index in [9.17, 15) is 4.79 Å². The number of nitrogens with zero attached hydrogens (tertiary/aromatic N) is 3. The highest BCUT2D eigenvalue weighted by Gasteiger charge is 2.20. The number of piperidine rings is 1. The largest absolute Gasteiger partial charge is 0.473 e. The van der Waals surface area contributed by atoms with E-state index in [0.29, 0.717) is 12.4 Å². The minimum Gasteiger partial charge on any atom is -0.473 e. The lowest BCUT2D eigenvalue weighted by Gasteiger charge is -2.23. The van der Waals surface area contributed by atoms with E-state index in [1.54, 1.807) is 6.33 Å². The van der Waals surface area contributed by atoms with Crippen LogP contribution in [0.15, 0.2) is 36.8 Å². The van der Waals surface area contributed by atoms with Gasteiger partial charge in [-0.25, -0.2) is 4.98 Å². The van der Waals surface area contributed by atoms with Crippen LogP contribution < -0.4 is 15.8 Å². The van der Waals surface area contributed by atoms with Gasteiger partial charge < -0.3 is 25.1 Å². The predicted octanol–water partition coefficient (Wildman–Crippen LogP) is 3.31. The van der Waals surface area contributed by atoms with Crippen molar-refractivity contribution >= 4 is 23.2 Å². The highest BCUT2D eigenvalue weighted by molar-refractivity contribution is 5.95. The van der Waals surface area contributed by atoms with Crippen LogP contribution in [0.2, 0.25) is 0 Å². The number of rotatable bonds is 4. The zero-order valence-corrected chi connectivity index (χ0v) is 18.6. The lowest BCUT2D eigenvalue weighted by atomic mass is 10.1. The Morgan fingerprint density at radius 3 is 2.42 bits per heavy atom. The number of anilines is 1. The molecule has 1 aromatic carbocycles. The second-order valence-corrected chi connectivity index (χ2v) is 8.55. The second-order valence-electron chi connectivity index (χ2n) is 8.55. The van der Waals surface area contributed by atoms with Crippen molar-refractivity contribution in [3.05, 3.63) is 36.8 Å². The topological polar surface area (TPSA) is 104 Å². The first-order valence-electron chi connectivity index (χ1n) is 10.4. The summed E-state index contributed by atoms with van der Waals surface area (Å²) >= 11 is 0. The van der Waals surface area contributed by atoms with Crippen LogP contribution in [0.25, 0.3) is 22.2 Å². The first-order chi connectivity index (χ1) is 14.8. The Morgan fingerprint density at radius 2 is 1.84 bits per heavy atom. The number of fused-ring (bicyclic) bond motifs is 1. The quantitative estimate of drug-likeness (QED) is 0.488. The van der Waals surface area contributed by atoms with Crippen molar-refractivity contribution in [2.45, 2.75) is 45.3 Å². The summed E-state index contributed by atoms with van der Waals surface area (Å²) in [6.07, 6.45) is 5.86. The number of hydrogen-bond donors (Lipinski definition) is 2. The van der Waals surface area contributed by atoms with Crippen LogP contribution in [0.4, 0.5) is 5.69 Å². The molecule has 8 nitrogen and oxygen atoms in total. The zero-order valence-electron chi connectivity index (χ0n) is 18.6. The van der Waals surface area contributed by atoms with Gasteiger partial charge in [0.1, 0.15) is 29.1 Å². The third-order valence-electron chi connectivity index (χ3n) is 4.91. The summed E-state index contributed by atoms with van der Waals surface area (Å²) in [6, 6.07) is 7.84. The van der Waals surface area contributed by atoms with Crippen LogP contribution >= 0.6 is 0 Å². The maximum absolute atomic E-state index is 9.60. The summed E-state index contributed by atoms with van der Waals surface area (Å²) in [7, 11) is 2.00. The van der Waals surface area contributed by atoms with Gasteiger partial charge in [-0.2, -0.15) is 4.98 Å². The lowest BCUT2D eigenvalue weighted by Crippen LogP contribution is -2.34. The van der Waals surface area contributed by atoms with E-state index < -0.39 is 0 Å². The monoisotopic (exact) mass is 425 g/mol. The Bertz CT molecular complexity index is 1000. The van der Waals surface area contributed by atoms with Gasteiger partial charge in [0.2, 0.25) is 5.88 Å². The Morgan fingerprint density at radius 1 is 1.16 bits per heavy atom. The fourth-order valence-corrected chi connectivity index (χ4v) is 3.37. The lowest BCUT2D eigenvalue weighted by molar-refractivity contribution is -0.138. The molecular formula is C23H31N5O3. The van der Waals surface area contributed by atoms with Gasteiger partial charge in [0.15, 0.2) is 0 Å². The normalized spacial score (nSPS) is 14.6. The van der Waals surface area contributed by atoms with Crippen LogP contribution in [-0.2, 0) is 16.6 Å². The van der Waals surface area contributed by atoms with Crippen molar-refractivity contribution in [1.29, 1.82) is 0 Å². The van der Waals surface area contributed by atoms with Crippen molar-refractivity contribution < 1.29 is 14.3 Å². The standard InChI is InChI=1S/C18H21N5O.C5H10O2/c1-23-10-15(12-2-4-13(19)5-3-12)16-17(23)18(22-11-21-16)24-14-6-8-20-9-7-14;1-5(2,3)7-4-6/h2-5,10-11,14,20H,6-9,19H2,1H3;4H,1-3H3. The summed E-state index contributed by atoms with van der Waals surface area (Å²) in [6.45, 7) is 7.90. The van der Waals surface area contributed by atoms with Crippen molar-refractivity contribution in [2.24, 2.45) is 7.05 Å². The molecule has 0 saturated carbocycles. The van der Waals surface area contributed by atoms with Crippen molar-refractivity contribution in [3.63, 3.8) is 0 Å².